The van der Waals surface area contributed by atoms with E-state index in [1.807, 2.05) is 0 Å². The number of allylic oxidation sites excluding steroid dienone is 8. The first-order valence-electron chi connectivity index (χ1n) is 33.1. The van der Waals surface area contributed by atoms with Crippen LogP contribution in [0.15, 0.2) is 48.6 Å². The molecule has 0 aliphatic heterocycles. The zero-order chi connectivity index (χ0) is 54.3. The van der Waals surface area contributed by atoms with Gasteiger partial charge in [-0.1, -0.05) is 307 Å². The van der Waals surface area contributed by atoms with Gasteiger partial charge < -0.3 is 14.2 Å². The lowest BCUT2D eigenvalue weighted by atomic mass is 10.0. The second kappa shape index (κ2) is 63.9. The van der Waals surface area contributed by atoms with Crippen LogP contribution < -0.4 is 0 Å². The number of rotatable bonds is 61. The fourth-order valence-corrected chi connectivity index (χ4v) is 9.87. The molecule has 438 valence electrons. The molecule has 0 aliphatic carbocycles. The number of hydrogen-bond acceptors (Lipinski definition) is 6. The van der Waals surface area contributed by atoms with Gasteiger partial charge in [0.1, 0.15) is 13.2 Å². The molecule has 0 rings (SSSR count). The molecule has 0 amide bonds. The summed E-state index contributed by atoms with van der Waals surface area (Å²) < 4.78 is 17.0. The standard InChI is InChI=1S/C69H126O6/c1-4-7-10-13-16-19-22-25-28-31-33-34-35-36-39-41-44-47-50-53-56-59-62-68(71)74-65-66(64-73-67(70)61-58-55-52-49-46-43-40-37-30-27-24-21-18-15-12-9-6-3)75-69(72)63-60-57-54-51-48-45-42-38-32-29-26-23-20-17-14-11-8-5-2/h9,12,18,21,27,29-30,32,66H,4-8,10-11,13-17,19-20,22-26,28,31,33-65H2,1-3H3/b12-9-,21-18-,30-27-,32-29-. The molecule has 6 nitrogen and oxygen atoms in total. The maximum atomic E-state index is 12.9. The average Bonchev–Trinajstić information content (AvgIpc) is 3.41. The maximum absolute atomic E-state index is 12.9. The lowest BCUT2D eigenvalue weighted by Crippen LogP contribution is -2.30. The van der Waals surface area contributed by atoms with Gasteiger partial charge in [0.25, 0.3) is 0 Å². The lowest BCUT2D eigenvalue weighted by molar-refractivity contribution is -0.167. The highest BCUT2D eigenvalue weighted by Gasteiger charge is 2.19. The minimum absolute atomic E-state index is 0.0742. The van der Waals surface area contributed by atoms with Crippen LogP contribution in [0.25, 0.3) is 0 Å². The molecule has 0 aromatic carbocycles. The Morgan fingerprint density at radius 2 is 0.520 bits per heavy atom. The van der Waals surface area contributed by atoms with Crippen LogP contribution in [0.5, 0.6) is 0 Å². The summed E-state index contributed by atoms with van der Waals surface area (Å²) >= 11 is 0. The molecule has 0 bridgehead atoms. The first-order chi connectivity index (χ1) is 37.0. The van der Waals surface area contributed by atoms with Gasteiger partial charge in [-0.3, -0.25) is 14.4 Å². The molecule has 0 saturated heterocycles. The number of unbranched alkanes of at least 4 members (excludes halogenated alkanes) is 42. The highest BCUT2D eigenvalue weighted by molar-refractivity contribution is 5.71. The van der Waals surface area contributed by atoms with Crippen LogP contribution in [-0.2, 0) is 28.6 Å². The fourth-order valence-electron chi connectivity index (χ4n) is 9.87. The van der Waals surface area contributed by atoms with Crippen LogP contribution in [0.4, 0.5) is 0 Å². The van der Waals surface area contributed by atoms with E-state index in [0.29, 0.717) is 19.3 Å². The maximum Gasteiger partial charge on any atom is 0.306 e. The van der Waals surface area contributed by atoms with Gasteiger partial charge in [0, 0.05) is 19.3 Å². The predicted octanol–water partition coefficient (Wildman–Crippen LogP) is 22.6. The third-order valence-electron chi connectivity index (χ3n) is 14.8. The Balaban J connectivity index is 4.32. The summed E-state index contributed by atoms with van der Waals surface area (Å²) in [5, 5.41) is 0. The van der Waals surface area contributed by atoms with E-state index in [-0.39, 0.29) is 31.1 Å². The SMILES string of the molecule is CC/C=C\C/C=C\C/C=C\CCCCCCCCCC(=O)OCC(COC(=O)CCCCCCCCCCCCCCCCCCCCCCCC)OC(=O)CCCCCCCCC/C=C\CCCCCCCCC. The normalized spacial score (nSPS) is 12.3. The molecule has 0 N–H and O–H groups in total. The Bertz CT molecular complexity index is 1300. The van der Waals surface area contributed by atoms with Gasteiger partial charge in [-0.25, -0.2) is 0 Å². The van der Waals surface area contributed by atoms with Crippen molar-refractivity contribution in [3.8, 4) is 0 Å². The monoisotopic (exact) mass is 1050 g/mol. The van der Waals surface area contributed by atoms with Crippen molar-refractivity contribution in [2.75, 3.05) is 13.2 Å². The topological polar surface area (TPSA) is 78.9 Å². The Morgan fingerprint density at radius 1 is 0.280 bits per heavy atom. The van der Waals surface area contributed by atoms with Crippen molar-refractivity contribution in [1.29, 1.82) is 0 Å². The molecule has 0 aromatic rings. The highest BCUT2D eigenvalue weighted by atomic mass is 16.6. The van der Waals surface area contributed by atoms with Crippen molar-refractivity contribution in [3.63, 3.8) is 0 Å². The number of carbonyl (C=O) groups excluding carboxylic acids is 3. The summed E-state index contributed by atoms with van der Waals surface area (Å²) in [7, 11) is 0. The Labute approximate surface area is 467 Å². The van der Waals surface area contributed by atoms with Crippen molar-refractivity contribution in [3.05, 3.63) is 48.6 Å². The largest absolute Gasteiger partial charge is 0.462 e. The van der Waals surface area contributed by atoms with Gasteiger partial charge in [0.2, 0.25) is 0 Å². The number of ether oxygens (including phenoxy) is 3. The van der Waals surface area contributed by atoms with Gasteiger partial charge >= 0.3 is 17.9 Å². The molecule has 0 spiro atoms. The predicted molar refractivity (Wildman–Crippen MR) is 325 cm³/mol. The molecular formula is C69H126O6. The van der Waals surface area contributed by atoms with E-state index in [1.54, 1.807) is 0 Å². The van der Waals surface area contributed by atoms with Gasteiger partial charge in [0.05, 0.1) is 0 Å². The van der Waals surface area contributed by atoms with Crippen LogP contribution in [0.3, 0.4) is 0 Å². The average molecular weight is 1050 g/mol. The van der Waals surface area contributed by atoms with Gasteiger partial charge in [0.15, 0.2) is 6.10 Å². The van der Waals surface area contributed by atoms with Crippen molar-refractivity contribution in [2.45, 2.75) is 361 Å². The van der Waals surface area contributed by atoms with Crippen LogP contribution in [0.2, 0.25) is 0 Å². The van der Waals surface area contributed by atoms with E-state index in [0.717, 1.165) is 83.5 Å². The van der Waals surface area contributed by atoms with Crippen LogP contribution in [0.1, 0.15) is 355 Å². The van der Waals surface area contributed by atoms with Crippen LogP contribution >= 0.6 is 0 Å². The minimum atomic E-state index is -0.779. The van der Waals surface area contributed by atoms with Gasteiger partial charge in [-0.15, -0.1) is 0 Å². The molecule has 0 fully saturated rings. The summed E-state index contributed by atoms with van der Waals surface area (Å²) in [6.07, 6.45) is 79.8. The second-order valence-electron chi connectivity index (χ2n) is 22.4. The van der Waals surface area contributed by atoms with Crippen LogP contribution in [-0.4, -0.2) is 37.2 Å². The van der Waals surface area contributed by atoms with E-state index < -0.39 is 6.10 Å². The summed E-state index contributed by atoms with van der Waals surface area (Å²) in [4.78, 5) is 38.4. The molecule has 1 atom stereocenters. The van der Waals surface area contributed by atoms with E-state index >= 15 is 0 Å². The van der Waals surface area contributed by atoms with Crippen molar-refractivity contribution < 1.29 is 28.6 Å². The summed E-state index contributed by atoms with van der Waals surface area (Å²) in [6, 6.07) is 0. The third-order valence-corrected chi connectivity index (χ3v) is 14.8. The molecule has 1 unspecified atom stereocenters. The molecule has 6 heteroatoms. The molecule has 0 aromatic heterocycles. The van der Waals surface area contributed by atoms with Gasteiger partial charge in [-0.2, -0.15) is 0 Å². The van der Waals surface area contributed by atoms with E-state index in [4.69, 9.17) is 14.2 Å². The van der Waals surface area contributed by atoms with E-state index in [2.05, 4.69) is 69.4 Å². The van der Waals surface area contributed by atoms with Crippen molar-refractivity contribution in [2.24, 2.45) is 0 Å². The molecule has 0 aliphatic rings. The smallest absolute Gasteiger partial charge is 0.306 e. The molecule has 75 heavy (non-hydrogen) atoms. The Kier molecular flexibility index (Phi) is 61.7. The fraction of sp³-hybridized carbons (Fsp3) is 0.841. The summed E-state index contributed by atoms with van der Waals surface area (Å²) in [5.41, 5.74) is 0. The first kappa shape index (κ1) is 72.4. The zero-order valence-electron chi connectivity index (χ0n) is 50.3. The van der Waals surface area contributed by atoms with E-state index in [1.165, 1.54) is 231 Å². The number of esters is 3. The molecule has 0 saturated carbocycles. The molecule has 0 heterocycles. The molecule has 0 radical (unpaired) electrons. The Morgan fingerprint density at radius 3 is 0.827 bits per heavy atom. The number of carbonyl (C=O) groups is 3. The highest BCUT2D eigenvalue weighted by Crippen LogP contribution is 2.18. The first-order valence-corrected chi connectivity index (χ1v) is 33.1. The lowest BCUT2D eigenvalue weighted by Gasteiger charge is -2.18. The van der Waals surface area contributed by atoms with Crippen LogP contribution in [0, 0.1) is 0 Å². The quantitative estimate of drug-likeness (QED) is 0.0261. The van der Waals surface area contributed by atoms with Gasteiger partial charge in [-0.05, 0) is 77.0 Å². The minimum Gasteiger partial charge on any atom is -0.462 e. The second-order valence-corrected chi connectivity index (χ2v) is 22.4. The molecular weight excluding hydrogens is 925 g/mol. The summed E-state index contributed by atoms with van der Waals surface area (Å²) in [5.74, 6) is -0.865. The van der Waals surface area contributed by atoms with Crippen molar-refractivity contribution >= 4 is 17.9 Å². The number of hydrogen-bond donors (Lipinski definition) is 0. The zero-order valence-corrected chi connectivity index (χ0v) is 50.3. The van der Waals surface area contributed by atoms with E-state index in [9.17, 15) is 14.4 Å². The third kappa shape index (κ3) is 62.1. The summed E-state index contributed by atoms with van der Waals surface area (Å²) in [6.45, 7) is 6.58. The van der Waals surface area contributed by atoms with Crippen molar-refractivity contribution in [1.82, 2.24) is 0 Å². The Hall–Kier alpha value is -2.63.